The zero-order valence-electron chi connectivity index (χ0n) is 29.1. The van der Waals surface area contributed by atoms with Gasteiger partial charge in [-0.25, -0.2) is 0 Å². The Morgan fingerprint density at radius 3 is 2.06 bits per heavy atom. The minimum atomic E-state index is -0.0605. The van der Waals surface area contributed by atoms with Crippen LogP contribution in [0.15, 0.2) is 164 Å². The van der Waals surface area contributed by atoms with Crippen molar-refractivity contribution in [2.45, 2.75) is 6.92 Å². The Bertz CT molecular complexity index is 2830. The Morgan fingerprint density at radius 2 is 1.27 bits per heavy atom. The fourth-order valence-corrected chi connectivity index (χ4v) is 9.15. The van der Waals surface area contributed by atoms with E-state index < -0.39 is 0 Å². The number of hydrogen-bond acceptors (Lipinski definition) is 2. The van der Waals surface area contributed by atoms with Gasteiger partial charge in [0.15, 0.2) is 0 Å². The molecule has 3 nitrogen and oxygen atoms in total. The Morgan fingerprint density at radius 1 is 0.577 bits per heavy atom. The summed E-state index contributed by atoms with van der Waals surface area (Å²) in [5.74, 6) is 0. The summed E-state index contributed by atoms with van der Waals surface area (Å²) in [6.07, 6.45) is 2.25. The number of para-hydroxylation sites is 2. The molecular weight excluding hydrogens is 629 g/mol. The number of nitrogens with zero attached hydrogens (tertiary/aromatic N) is 3. The van der Waals surface area contributed by atoms with Crippen LogP contribution < -0.4 is 20.6 Å². The molecule has 3 aliphatic heterocycles. The van der Waals surface area contributed by atoms with Gasteiger partial charge in [0.05, 0.1) is 16.7 Å². The van der Waals surface area contributed by atoms with Crippen molar-refractivity contribution < 1.29 is 0 Å². The summed E-state index contributed by atoms with van der Waals surface area (Å²) in [6.45, 7) is 6.77. The van der Waals surface area contributed by atoms with Crippen LogP contribution >= 0.6 is 0 Å². The number of anilines is 3. The lowest BCUT2D eigenvalue weighted by atomic mass is 9.43. The van der Waals surface area contributed by atoms with Crippen molar-refractivity contribution >= 4 is 67.9 Å². The molecule has 1 aromatic heterocycles. The number of rotatable bonds is 3. The average molecular weight is 664 g/mol. The first kappa shape index (κ1) is 29.2. The second-order valence-electron chi connectivity index (χ2n) is 14.4. The fraction of sp³-hybridized carbons (Fsp3) is 0.0417. The first-order valence-electron chi connectivity index (χ1n) is 18.1. The lowest BCUT2D eigenvalue weighted by molar-refractivity contribution is 1.15. The van der Waals surface area contributed by atoms with Crippen molar-refractivity contribution in [1.82, 2.24) is 4.57 Å². The zero-order chi connectivity index (χ0) is 34.7. The summed E-state index contributed by atoms with van der Waals surface area (Å²) >= 11 is 0. The summed E-state index contributed by atoms with van der Waals surface area (Å²) in [5, 5.41) is 2.58. The third-order valence-corrected chi connectivity index (χ3v) is 11.5. The van der Waals surface area contributed by atoms with E-state index in [1.54, 1.807) is 0 Å². The number of aryl methyl sites for hydroxylation is 1. The van der Waals surface area contributed by atoms with E-state index in [0.717, 1.165) is 17.0 Å². The predicted octanol–water partition coefficient (Wildman–Crippen LogP) is 10.5. The number of aromatic nitrogens is 1. The molecule has 0 spiro atoms. The van der Waals surface area contributed by atoms with Crippen LogP contribution in [0.1, 0.15) is 16.7 Å². The van der Waals surface area contributed by atoms with E-state index in [9.17, 15) is 0 Å². The van der Waals surface area contributed by atoms with Crippen LogP contribution in [0.25, 0.3) is 61.0 Å². The van der Waals surface area contributed by atoms with Gasteiger partial charge in [-0.1, -0.05) is 127 Å². The molecule has 0 amide bonds. The lowest BCUT2D eigenvalue weighted by Gasteiger charge is -2.43. The number of hydrogen-bond donors (Lipinski definition) is 0. The molecule has 0 bridgehead atoms. The highest BCUT2D eigenvalue weighted by Crippen LogP contribution is 2.49. The van der Waals surface area contributed by atoms with Gasteiger partial charge < -0.3 is 14.3 Å². The van der Waals surface area contributed by atoms with Crippen LogP contribution in [-0.2, 0) is 0 Å². The molecular formula is C48H34BN3. The number of fused-ring (bicyclic) bond motifs is 9. The highest BCUT2D eigenvalue weighted by atomic mass is 15.1. The minimum Gasteiger partial charge on any atom is -0.376 e. The van der Waals surface area contributed by atoms with E-state index >= 15 is 0 Å². The van der Waals surface area contributed by atoms with Crippen LogP contribution in [0.4, 0.5) is 17.1 Å². The van der Waals surface area contributed by atoms with Gasteiger partial charge in [0.1, 0.15) is 0 Å². The van der Waals surface area contributed by atoms with Crippen molar-refractivity contribution in [2.24, 2.45) is 0 Å². The Labute approximate surface area is 304 Å². The van der Waals surface area contributed by atoms with Crippen LogP contribution in [0.2, 0.25) is 0 Å². The van der Waals surface area contributed by atoms with Crippen molar-refractivity contribution in [3.05, 3.63) is 181 Å². The van der Waals surface area contributed by atoms with E-state index in [4.69, 9.17) is 0 Å². The van der Waals surface area contributed by atoms with Gasteiger partial charge in [-0.3, -0.25) is 0 Å². The number of benzene rings is 7. The van der Waals surface area contributed by atoms with Crippen LogP contribution in [0, 0.1) is 6.92 Å². The lowest BCUT2D eigenvalue weighted by Crippen LogP contribution is -2.60. The second-order valence-corrected chi connectivity index (χ2v) is 14.4. The van der Waals surface area contributed by atoms with Gasteiger partial charge in [-0.15, -0.1) is 0 Å². The normalized spacial score (nSPS) is 14.0. The highest BCUT2D eigenvalue weighted by molar-refractivity contribution is 6.93. The van der Waals surface area contributed by atoms with Crippen LogP contribution in [-0.4, -0.2) is 18.5 Å². The van der Waals surface area contributed by atoms with Gasteiger partial charge in [-0.2, -0.15) is 0 Å². The molecule has 4 heterocycles. The van der Waals surface area contributed by atoms with Crippen LogP contribution in [0.5, 0.6) is 0 Å². The maximum atomic E-state index is 4.66. The molecule has 0 N–H and O–H groups in total. The largest absolute Gasteiger partial charge is 0.376 e. The van der Waals surface area contributed by atoms with E-state index in [1.807, 2.05) is 0 Å². The van der Waals surface area contributed by atoms with Crippen molar-refractivity contribution in [2.75, 3.05) is 16.8 Å². The number of allylic oxidation sites excluding steroid dienone is 2. The molecule has 0 fully saturated rings. The highest BCUT2D eigenvalue weighted by Gasteiger charge is 2.45. The molecule has 4 heteroatoms. The van der Waals surface area contributed by atoms with E-state index in [1.165, 1.54) is 88.7 Å². The standard InChI is InChI=1S/C48H34BN3/c1-30-22-24-34(25-23-30)52-42-21-13-10-18-35(42)39-27-38(32-14-6-4-7-15-32)46-36-19-11-12-20-41(36)51-45-29-44-37(28-40(45)49(52)47(39)48(46)51)31(2)26-43(50(44)3)33-16-8-5-9-17-33/h4-29H,2H2,1,3H3. The molecule has 0 unspecified atom stereocenters. The first-order chi connectivity index (χ1) is 25.6. The summed E-state index contributed by atoms with van der Waals surface area (Å²) < 4.78 is 2.57. The molecule has 0 saturated heterocycles. The Hall–Kier alpha value is -6.52. The van der Waals surface area contributed by atoms with E-state index in [0.29, 0.717) is 0 Å². The molecule has 0 atom stereocenters. The summed E-state index contributed by atoms with van der Waals surface area (Å²) in [5.41, 5.74) is 20.8. The summed E-state index contributed by atoms with van der Waals surface area (Å²) in [4.78, 5) is 4.93. The van der Waals surface area contributed by atoms with Crippen molar-refractivity contribution in [3.8, 4) is 27.9 Å². The third kappa shape index (κ3) is 3.92. The monoisotopic (exact) mass is 663 g/mol. The molecule has 52 heavy (non-hydrogen) atoms. The SMILES string of the molecule is C=C1C=C(c2ccccc2)N(C)c2cc3c(cc21)B1c2c(cc(-c4ccccc4)c4c5ccccc5n-3c24)-c2ccccc2N1c1ccc(C)cc1. The van der Waals surface area contributed by atoms with Gasteiger partial charge in [0.25, 0.3) is 0 Å². The Kier molecular flexibility index (Phi) is 6.04. The quantitative estimate of drug-likeness (QED) is 0.174. The predicted molar refractivity (Wildman–Crippen MR) is 222 cm³/mol. The topological polar surface area (TPSA) is 11.4 Å². The molecule has 0 saturated carbocycles. The first-order valence-corrected chi connectivity index (χ1v) is 18.1. The fourth-order valence-electron chi connectivity index (χ4n) is 9.15. The minimum absolute atomic E-state index is 0.0605. The zero-order valence-corrected chi connectivity index (χ0v) is 29.1. The molecule has 7 aromatic carbocycles. The maximum absolute atomic E-state index is 4.66. The molecule has 11 rings (SSSR count). The van der Waals surface area contributed by atoms with Gasteiger partial charge in [-0.05, 0) is 88.2 Å². The van der Waals surface area contributed by atoms with Crippen molar-refractivity contribution in [3.63, 3.8) is 0 Å². The van der Waals surface area contributed by atoms with E-state index in [-0.39, 0.29) is 6.85 Å². The maximum Gasteiger partial charge on any atom is 0.333 e. The van der Waals surface area contributed by atoms with Gasteiger partial charge >= 0.3 is 6.85 Å². The van der Waals surface area contributed by atoms with Crippen LogP contribution in [0.3, 0.4) is 0 Å². The Balaban J connectivity index is 1.30. The molecule has 8 aromatic rings. The summed E-state index contributed by atoms with van der Waals surface area (Å²) in [6, 6.07) is 56.0. The molecule has 0 aliphatic carbocycles. The van der Waals surface area contributed by atoms with E-state index in [2.05, 4.69) is 193 Å². The third-order valence-electron chi connectivity index (χ3n) is 11.5. The summed E-state index contributed by atoms with van der Waals surface area (Å²) in [7, 11) is 2.19. The molecule has 244 valence electrons. The molecule has 3 aliphatic rings. The van der Waals surface area contributed by atoms with Gasteiger partial charge in [0, 0.05) is 51.7 Å². The van der Waals surface area contributed by atoms with Gasteiger partial charge in [0.2, 0.25) is 0 Å². The second kappa shape index (κ2) is 10.7. The molecule has 0 radical (unpaired) electrons. The van der Waals surface area contributed by atoms with Crippen molar-refractivity contribution in [1.29, 1.82) is 0 Å². The average Bonchev–Trinajstić information content (AvgIpc) is 3.55. The smallest absolute Gasteiger partial charge is 0.333 e.